The number of carboxylic acid groups (broad SMARTS) is 1. The van der Waals surface area contributed by atoms with Gasteiger partial charge in [0.1, 0.15) is 0 Å². The summed E-state index contributed by atoms with van der Waals surface area (Å²) in [4.78, 5) is 27.6. The van der Waals surface area contributed by atoms with E-state index in [1.165, 1.54) is 23.5 Å². The van der Waals surface area contributed by atoms with E-state index in [0.29, 0.717) is 17.6 Å². The summed E-state index contributed by atoms with van der Waals surface area (Å²) in [6.07, 6.45) is 1.74. The molecule has 0 unspecified atom stereocenters. The Kier molecular flexibility index (Phi) is 2.79. The van der Waals surface area contributed by atoms with Gasteiger partial charge >= 0.3 is 0 Å². The van der Waals surface area contributed by atoms with E-state index in [4.69, 9.17) is 0 Å². The second kappa shape index (κ2) is 4.47. The molecule has 0 aliphatic carbocycles. The van der Waals surface area contributed by atoms with Gasteiger partial charge in [-0.15, -0.1) is 0 Å². The molecule has 0 fully saturated rings. The van der Waals surface area contributed by atoms with Crippen LogP contribution in [0.25, 0.3) is 6.08 Å². The van der Waals surface area contributed by atoms with Crippen molar-refractivity contribution < 1.29 is 9.90 Å². The van der Waals surface area contributed by atoms with Gasteiger partial charge in [0.15, 0.2) is 4.80 Å². The van der Waals surface area contributed by atoms with Crippen LogP contribution in [-0.2, 0) is 6.54 Å². The minimum Gasteiger partial charge on any atom is -0.545 e. The molecule has 2 aromatic rings. The molecule has 96 valence electrons. The maximum Gasteiger partial charge on any atom is 0.270 e. The number of thiazole rings is 1. The molecule has 1 aliphatic heterocycles. The first-order valence-electron chi connectivity index (χ1n) is 5.72. The fourth-order valence-corrected chi connectivity index (χ4v) is 2.96. The second-order valence-corrected chi connectivity index (χ2v) is 5.15. The van der Waals surface area contributed by atoms with Gasteiger partial charge in [-0.25, -0.2) is 0 Å². The lowest BCUT2D eigenvalue weighted by atomic mass is 10.1. The lowest BCUT2D eigenvalue weighted by Gasteiger charge is -2.01. The number of aromatic nitrogens is 1. The molecule has 2 heterocycles. The van der Waals surface area contributed by atoms with Crippen molar-refractivity contribution in [2.24, 2.45) is 4.99 Å². The number of nitrogens with zero attached hydrogens (tertiary/aromatic N) is 2. The van der Waals surface area contributed by atoms with Gasteiger partial charge in [-0.2, -0.15) is 0 Å². The summed E-state index contributed by atoms with van der Waals surface area (Å²) in [5, 5.41) is 10.6. The first-order valence-corrected chi connectivity index (χ1v) is 6.54. The van der Waals surface area contributed by atoms with Gasteiger partial charge in [0, 0.05) is 6.54 Å². The van der Waals surface area contributed by atoms with E-state index in [0.717, 1.165) is 10.4 Å². The number of carbonyl (C=O) groups is 1. The van der Waals surface area contributed by atoms with E-state index in [2.05, 4.69) is 4.99 Å². The average Bonchev–Trinajstić information content (AvgIpc) is 2.95. The molecule has 19 heavy (non-hydrogen) atoms. The molecule has 0 radical (unpaired) electrons. The van der Waals surface area contributed by atoms with Crippen LogP contribution in [0, 0.1) is 0 Å². The molecular formula is C13H9N2O3S-. The van der Waals surface area contributed by atoms with Crippen molar-refractivity contribution >= 4 is 23.4 Å². The quantitative estimate of drug-likeness (QED) is 0.685. The molecule has 6 heteroatoms. The van der Waals surface area contributed by atoms with E-state index < -0.39 is 5.97 Å². The molecule has 0 saturated heterocycles. The Bertz CT molecular complexity index is 815. The highest BCUT2D eigenvalue weighted by Gasteiger charge is 2.09. The van der Waals surface area contributed by atoms with E-state index in [-0.39, 0.29) is 11.1 Å². The zero-order valence-corrected chi connectivity index (χ0v) is 10.6. The predicted molar refractivity (Wildman–Crippen MR) is 68.6 cm³/mol. The van der Waals surface area contributed by atoms with Crippen LogP contribution in [0.1, 0.15) is 15.9 Å². The summed E-state index contributed by atoms with van der Waals surface area (Å²) < 4.78 is 2.27. The molecule has 1 aromatic heterocycles. The van der Waals surface area contributed by atoms with Crippen LogP contribution in [0.2, 0.25) is 0 Å². The Morgan fingerprint density at radius 1 is 1.37 bits per heavy atom. The molecule has 1 aliphatic rings. The monoisotopic (exact) mass is 273 g/mol. The Morgan fingerprint density at radius 2 is 2.11 bits per heavy atom. The standard InChI is InChI=1S/C13H10N2O3S/c16-11-10(19-13-14-5-6-15(11)13)7-8-1-3-9(4-2-8)12(17)18/h1-4,7H,5-6H2,(H,17,18)/p-1/b10-7+. The Hall–Kier alpha value is -2.21. The zero-order chi connectivity index (χ0) is 13.4. The maximum absolute atomic E-state index is 12.0. The fraction of sp³-hybridized carbons (Fsp3) is 0.154. The average molecular weight is 273 g/mol. The summed E-state index contributed by atoms with van der Waals surface area (Å²) >= 11 is 1.35. The van der Waals surface area contributed by atoms with E-state index in [1.54, 1.807) is 22.8 Å². The molecule has 0 atom stereocenters. The van der Waals surface area contributed by atoms with Gasteiger partial charge in [0.25, 0.3) is 5.56 Å². The highest BCUT2D eigenvalue weighted by molar-refractivity contribution is 7.07. The van der Waals surface area contributed by atoms with E-state index in [9.17, 15) is 14.7 Å². The predicted octanol–water partition coefficient (Wildman–Crippen LogP) is -1.26. The summed E-state index contributed by atoms with van der Waals surface area (Å²) in [6, 6.07) is 6.23. The first kappa shape index (κ1) is 11.9. The highest BCUT2D eigenvalue weighted by Crippen LogP contribution is 2.04. The molecule has 0 N–H and O–H groups in total. The molecular weight excluding hydrogens is 264 g/mol. The molecule has 0 spiro atoms. The lowest BCUT2D eigenvalue weighted by Crippen LogP contribution is -2.29. The normalized spacial score (nSPS) is 14.2. The largest absolute Gasteiger partial charge is 0.545 e. The van der Waals surface area contributed by atoms with Crippen LogP contribution in [-0.4, -0.2) is 17.1 Å². The van der Waals surface area contributed by atoms with Gasteiger partial charge in [-0.05, 0) is 17.2 Å². The summed E-state index contributed by atoms with van der Waals surface area (Å²) in [6.45, 7) is 1.31. The summed E-state index contributed by atoms with van der Waals surface area (Å²) in [7, 11) is 0. The summed E-state index contributed by atoms with van der Waals surface area (Å²) in [5.74, 6) is -1.21. The number of benzene rings is 1. The number of fused-ring (bicyclic) bond motifs is 1. The molecule has 5 nitrogen and oxygen atoms in total. The van der Waals surface area contributed by atoms with Crippen LogP contribution in [0.3, 0.4) is 0 Å². The third-order valence-electron chi connectivity index (χ3n) is 2.90. The van der Waals surface area contributed by atoms with Crippen molar-refractivity contribution in [2.45, 2.75) is 6.54 Å². The molecule has 0 bridgehead atoms. The van der Waals surface area contributed by atoms with Crippen LogP contribution < -0.4 is 20.0 Å². The first-order chi connectivity index (χ1) is 9.15. The van der Waals surface area contributed by atoms with Crippen molar-refractivity contribution in [1.29, 1.82) is 0 Å². The highest BCUT2D eigenvalue weighted by atomic mass is 32.1. The van der Waals surface area contributed by atoms with Crippen LogP contribution in [0.4, 0.5) is 0 Å². The van der Waals surface area contributed by atoms with Crippen LogP contribution in [0.15, 0.2) is 34.1 Å². The van der Waals surface area contributed by atoms with Gasteiger partial charge in [0.05, 0.1) is 17.0 Å². The molecule has 0 saturated carbocycles. The smallest absolute Gasteiger partial charge is 0.270 e. The lowest BCUT2D eigenvalue weighted by molar-refractivity contribution is -0.255. The van der Waals surface area contributed by atoms with Gasteiger partial charge in [-0.1, -0.05) is 35.6 Å². The van der Waals surface area contributed by atoms with Gasteiger partial charge < -0.3 is 9.90 Å². The molecule has 0 amide bonds. The minimum absolute atomic E-state index is 0.0368. The molecule has 3 rings (SSSR count). The van der Waals surface area contributed by atoms with E-state index in [1.807, 2.05) is 0 Å². The van der Waals surface area contributed by atoms with Crippen molar-refractivity contribution in [3.05, 3.63) is 55.1 Å². The topological polar surface area (TPSA) is 74.5 Å². The Labute approximate surface area is 111 Å². The van der Waals surface area contributed by atoms with E-state index >= 15 is 0 Å². The SMILES string of the molecule is O=C([O-])c1ccc(/C=c2/sc3n(c2=O)CCN=3)cc1. The van der Waals surface area contributed by atoms with Crippen LogP contribution >= 0.6 is 11.3 Å². The van der Waals surface area contributed by atoms with Crippen molar-refractivity contribution in [3.63, 3.8) is 0 Å². The second-order valence-electron chi connectivity index (χ2n) is 4.14. The minimum atomic E-state index is -1.21. The third kappa shape index (κ3) is 2.10. The van der Waals surface area contributed by atoms with Crippen molar-refractivity contribution in [1.82, 2.24) is 4.57 Å². The fourth-order valence-electron chi connectivity index (χ4n) is 1.94. The maximum atomic E-state index is 12.0. The van der Waals surface area contributed by atoms with Gasteiger partial charge in [-0.3, -0.25) is 14.4 Å². The third-order valence-corrected chi connectivity index (χ3v) is 3.95. The number of hydrogen-bond donors (Lipinski definition) is 0. The summed E-state index contributed by atoms with van der Waals surface area (Å²) in [5.41, 5.74) is 0.866. The number of aromatic carboxylic acids is 1. The number of rotatable bonds is 2. The van der Waals surface area contributed by atoms with Gasteiger partial charge in [0.2, 0.25) is 0 Å². The Morgan fingerprint density at radius 3 is 2.74 bits per heavy atom. The molecule has 1 aromatic carbocycles. The van der Waals surface area contributed by atoms with Crippen LogP contribution in [0.5, 0.6) is 0 Å². The van der Waals surface area contributed by atoms with Crippen molar-refractivity contribution in [2.75, 3.05) is 6.54 Å². The number of hydrogen-bond acceptors (Lipinski definition) is 5. The Balaban J connectivity index is 2.07. The zero-order valence-electron chi connectivity index (χ0n) is 9.83. The number of carbonyl (C=O) groups excluding carboxylic acids is 1. The number of carboxylic acids is 1. The van der Waals surface area contributed by atoms with Crippen molar-refractivity contribution in [3.8, 4) is 0 Å².